The third kappa shape index (κ3) is 4.56. The van der Waals surface area contributed by atoms with Gasteiger partial charge in [0.2, 0.25) is 0 Å². The molecule has 1 fully saturated rings. The van der Waals surface area contributed by atoms with Gasteiger partial charge < -0.3 is 18.8 Å². The molecule has 0 amide bonds. The molecule has 5 nitrogen and oxygen atoms in total. The average Bonchev–Trinajstić information content (AvgIpc) is 2.78. The predicted molar refractivity (Wildman–Crippen MR) is 97.7 cm³/mol. The number of hydrogen-bond donors (Lipinski definition) is 0. The van der Waals surface area contributed by atoms with E-state index in [0.29, 0.717) is 6.61 Å². The van der Waals surface area contributed by atoms with E-state index in [-0.39, 0.29) is 18.2 Å². The number of rotatable bonds is 7. The van der Waals surface area contributed by atoms with Crippen LogP contribution >= 0.6 is 0 Å². The van der Waals surface area contributed by atoms with Crippen LogP contribution in [0.2, 0.25) is 0 Å². The van der Waals surface area contributed by atoms with Crippen LogP contribution in [0.4, 0.5) is 0 Å². The third-order valence-corrected chi connectivity index (χ3v) is 4.97. The maximum Gasteiger partial charge on any atom is 0.466 e. The summed E-state index contributed by atoms with van der Waals surface area (Å²) in [7, 11) is 0.871. The SMILES string of the molecule is CCCOc1cccc(C(CC(=O)OC)B2OC(C)(C)C(C)(C)O2)c1. The Labute approximate surface area is 151 Å². The lowest BCUT2D eigenvalue weighted by Gasteiger charge is -2.32. The largest absolute Gasteiger partial charge is 0.494 e. The molecule has 1 saturated heterocycles. The van der Waals surface area contributed by atoms with Crippen molar-refractivity contribution in [1.82, 2.24) is 0 Å². The topological polar surface area (TPSA) is 54.0 Å². The Morgan fingerprint density at radius 2 is 1.84 bits per heavy atom. The summed E-state index contributed by atoms with van der Waals surface area (Å²) in [5.74, 6) is 0.226. The monoisotopic (exact) mass is 348 g/mol. The fourth-order valence-electron chi connectivity index (χ4n) is 2.74. The molecular formula is C19H29BO5. The molecule has 1 aliphatic heterocycles. The van der Waals surface area contributed by atoms with Gasteiger partial charge in [-0.2, -0.15) is 0 Å². The molecule has 1 aromatic carbocycles. The van der Waals surface area contributed by atoms with Gasteiger partial charge in [0, 0.05) is 5.82 Å². The van der Waals surface area contributed by atoms with Crippen LogP contribution in [0.25, 0.3) is 0 Å². The normalized spacial score (nSPS) is 19.5. The molecule has 1 unspecified atom stereocenters. The summed E-state index contributed by atoms with van der Waals surface area (Å²) in [6.45, 7) is 10.7. The lowest BCUT2D eigenvalue weighted by Crippen LogP contribution is -2.41. The zero-order valence-corrected chi connectivity index (χ0v) is 16.1. The van der Waals surface area contributed by atoms with Gasteiger partial charge in [-0.3, -0.25) is 4.79 Å². The quantitative estimate of drug-likeness (QED) is 0.555. The van der Waals surface area contributed by atoms with E-state index in [0.717, 1.165) is 17.7 Å². The Morgan fingerprint density at radius 3 is 2.40 bits per heavy atom. The molecule has 0 saturated carbocycles. The van der Waals surface area contributed by atoms with Crippen molar-refractivity contribution in [2.45, 2.75) is 64.5 Å². The van der Waals surface area contributed by atoms with E-state index in [1.165, 1.54) is 7.11 Å². The molecule has 2 rings (SSSR count). The van der Waals surface area contributed by atoms with E-state index in [2.05, 4.69) is 6.92 Å². The summed E-state index contributed by atoms with van der Waals surface area (Å²) < 4.78 is 23.0. The number of ether oxygens (including phenoxy) is 2. The van der Waals surface area contributed by atoms with Crippen LogP contribution in [-0.4, -0.2) is 38.0 Å². The number of benzene rings is 1. The molecule has 0 aliphatic carbocycles. The van der Waals surface area contributed by atoms with E-state index >= 15 is 0 Å². The number of carbonyl (C=O) groups is 1. The molecule has 0 radical (unpaired) electrons. The molecule has 1 aromatic rings. The van der Waals surface area contributed by atoms with Crippen LogP contribution in [0.3, 0.4) is 0 Å². The number of methoxy groups -OCH3 is 1. The average molecular weight is 348 g/mol. The van der Waals surface area contributed by atoms with Crippen molar-refractivity contribution in [3.05, 3.63) is 29.8 Å². The Morgan fingerprint density at radius 1 is 1.20 bits per heavy atom. The van der Waals surface area contributed by atoms with Gasteiger partial charge in [0.05, 0.1) is 31.3 Å². The summed E-state index contributed by atoms with van der Waals surface area (Å²) >= 11 is 0. The number of carbonyl (C=O) groups excluding carboxylic acids is 1. The minimum atomic E-state index is -0.523. The van der Waals surface area contributed by atoms with Crippen molar-refractivity contribution in [2.24, 2.45) is 0 Å². The highest BCUT2D eigenvalue weighted by atomic mass is 16.7. The van der Waals surface area contributed by atoms with Gasteiger partial charge in [-0.05, 0) is 51.8 Å². The van der Waals surface area contributed by atoms with Gasteiger partial charge in [-0.1, -0.05) is 19.1 Å². The fraction of sp³-hybridized carbons (Fsp3) is 0.632. The van der Waals surface area contributed by atoms with E-state index in [1.54, 1.807) is 0 Å². The Kier molecular flexibility index (Phi) is 6.17. The van der Waals surface area contributed by atoms with Crippen LogP contribution in [0.15, 0.2) is 24.3 Å². The van der Waals surface area contributed by atoms with Gasteiger partial charge in [-0.15, -0.1) is 0 Å². The summed E-state index contributed by atoms with van der Waals surface area (Å²) in [5.41, 5.74) is 0.0301. The predicted octanol–water partition coefficient (Wildman–Crippen LogP) is 3.75. The minimum Gasteiger partial charge on any atom is -0.494 e. The summed E-state index contributed by atoms with van der Waals surface area (Å²) in [4.78, 5) is 12.0. The van der Waals surface area contributed by atoms with Crippen LogP contribution in [0.5, 0.6) is 5.75 Å². The first kappa shape index (κ1) is 19.8. The Bertz CT molecular complexity index is 583. The van der Waals surface area contributed by atoms with Crippen molar-refractivity contribution >= 4 is 13.1 Å². The van der Waals surface area contributed by atoms with Crippen LogP contribution in [-0.2, 0) is 18.8 Å². The molecule has 0 N–H and O–H groups in total. The van der Waals surface area contributed by atoms with Gasteiger partial charge in [-0.25, -0.2) is 0 Å². The molecule has 0 bridgehead atoms. The molecular weight excluding hydrogens is 319 g/mol. The lowest BCUT2D eigenvalue weighted by atomic mass is 9.66. The van der Waals surface area contributed by atoms with Crippen molar-refractivity contribution in [2.75, 3.05) is 13.7 Å². The van der Waals surface area contributed by atoms with E-state index < -0.39 is 18.3 Å². The first-order valence-electron chi connectivity index (χ1n) is 8.85. The maximum absolute atomic E-state index is 12.0. The molecule has 1 atom stereocenters. The maximum atomic E-state index is 12.0. The fourth-order valence-corrected chi connectivity index (χ4v) is 2.74. The van der Waals surface area contributed by atoms with Crippen LogP contribution in [0, 0.1) is 0 Å². The van der Waals surface area contributed by atoms with Crippen LogP contribution < -0.4 is 4.74 Å². The third-order valence-electron chi connectivity index (χ3n) is 4.97. The lowest BCUT2D eigenvalue weighted by molar-refractivity contribution is -0.140. The molecule has 138 valence electrons. The second-order valence-electron chi connectivity index (χ2n) is 7.43. The van der Waals surface area contributed by atoms with Crippen LogP contribution in [0.1, 0.15) is 58.8 Å². The van der Waals surface area contributed by atoms with E-state index in [1.807, 2.05) is 52.0 Å². The van der Waals surface area contributed by atoms with Crippen molar-refractivity contribution in [1.29, 1.82) is 0 Å². The first-order chi connectivity index (χ1) is 11.7. The molecule has 25 heavy (non-hydrogen) atoms. The van der Waals surface area contributed by atoms with Crippen molar-refractivity contribution in [3.8, 4) is 5.75 Å². The van der Waals surface area contributed by atoms with Gasteiger partial charge in [0.15, 0.2) is 0 Å². The zero-order chi connectivity index (χ0) is 18.7. The van der Waals surface area contributed by atoms with Gasteiger partial charge in [0.1, 0.15) is 5.75 Å². The summed E-state index contributed by atoms with van der Waals surface area (Å²) in [5, 5.41) is 0. The van der Waals surface area contributed by atoms with E-state index in [9.17, 15) is 4.79 Å². The standard InChI is InChI=1S/C19H29BO5/c1-7-11-23-15-10-8-9-14(12-15)16(13-17(21)22-6)20-24-18(2,3)19(4,5)25-20/h8-10,12,16H,7,11,13H2,1-6H3. The van der Waals surface area contributed by atoms with Crippen molar-refractivity contribution < 1.29 is 23.6 Å². The molecule has 6 heteroatoms. The van der Waals surface area contributed by atoms with Crippen molar-refractivity contribution in [3.63, 3.8) is 0 Å². The molecule has 0 spiro atoms. The number of esters is 1. The summed E-state index contributed by atoms with van der Waals surface area (Å²) in [6, 6.07) is 7.76. The first-order valence-corrected chi connectivity index (χ1v) is 8.85. The molecule has 1 heterocycles. The van der Waals surface area contributed by atoms with E-state index in [4.69, 9.17) is 18.8 Å². The highest BCUT2D eigenvalue weighted by molar-refractivity contribution is 6.48. The second kappa shape index (κ2) is 7.79. The zero-order valence-electron chi connectivity index (χ0n) is 16.1. The summed E-state index contributed by atoms with van der Waals surface area (Å²) in [6.07, 6.45) is 1.12. The highest BCUT2D eigenvalue weighted by Crippen LogP contribution is 2.42. The molecule has 0 aromatic heterocycles. The second-order valence-corrected chi connectivity index (χ2v) is 7.43. The highest BCUT2D eigenvalue weighted by Gasteiger charge is 2.54. The minimum absolute atomic E-state index is 0.185. The molecule has 1 aliphatic rings. The Balaban J connectivity index is 2.29. The number of hydrogen-bond acceptors (Lipinski definition) is 5. The van der Waals surface area contributed by atoms with Gasteiger partial charge in [0.25, 0.3) is 0 Å². The Hall–Kier alpha value is -1.53. The van der Waals surface area contributed by atoms with Gasteiger partial charge >= 0.3 is 13.1 Å². The smallest absolute Gasteiger partial charge is 0.466 e.